The van der Waals surface area contributed by atoms with Crippen molar-refractivity contribution in [1.29, 1.82) is 0 Å². The summed E-state index contributed by atoms with van der Waals surface area (Å²) in [4.78, 5) is 31.6. The van der Waals surface area contributed by atoms with Crippen LogP contribution in [0.15, 0.2) is 36.4 Å². The summed E-state index contributed by atoms with van der Waals surface area (Å²) in [6.45, 7) is 6.03. The van der Waals surface area contributed by atoms with E-state index >= 15 is 0 Å². The number of rotatable bonds is 4. The number of carbonyl (C=O) groups excluding carboxylic acids is 1. The van der Waals surface area contributed by atoms with Crippen molar-refractivity contribution in [1.82, 2.24) is 20.3 Å². The van der Waals surface area contributed by atoms with Crippen LogP contribution in [0.2, 0.25) is 0 Å². The highest BCUT2D eigenvalue weighted by Crippen LogP contribution is 2.40. The lowest BCUT2D eigenvalue weighted by Crippen LogP contribution is -2.60. The van der Waals surface area contributed by atoms with Crippen LogP contribution in [-0.4, -0.2) is 90.2 Å². The Morgan fingerprint density at radius 3 is 2.78 bits per heavy atom. The molecule has 1 saturated carbocycles. The molecule has 10 heteroatoms. The highest BCUT2D eigenvalue weighted by Gasteiger charge is 2.48. The normalized spacial score (nSPS) is 25.8. The first-order chi connectivity index (χ1) is 17.9. The fourth-order valence-corrected chi connectivity index (χ4v) is 5.57. The molecular weight excluding hydrogens is 472 g/mol. The first kappa shape index (κ1) is 24.0. The largest absolute Gasteiger partial charge is 0.393 e. The Hall–Kier alpha value is -3.34. The molecule has 10 nitrogen and oxygen atoms in total. The van der Waals surface area contributed by atoms with E-state index < -0.39 is 0 Å². The second-order valence-electron chi connectivity index (χ2n) is 10.2. The third-order valence-electron chi connectivity index (χ3n) is 7.56. The van der Waals surface area contributed by atoms with Crippen molar-refractivity contribution < 1.29 is 19.4 Å². The molecule has 1 aromatic carbocycles. The topological polar surface area (TPSA) is 113 Å². The molecule has 1 atom stereocenters. The van der Waals surface area contributed by atoms with Gasteiger partial charge in [0.2, 0.25) is 5.95 Å². The Balaban J connectivity index is 1.43. The third kappa shape index (κ3) is 4.49. The van der Waals surface area contributed by atoms with E-state index in [0.29, 0.717) is 62.9 Å². The van der Waals surface area contributed by atoms with Crippen molar-refractivity contribution in [3.63, 3.8) is 0 Å². The summed E-state index contributed by atoms with van der Waals surface area (Å²) in [5, 5.41) is 13.5. The number of ether oxygens (including phenoxy) is 2. The van der Waals surface area contributed by atoms with Crippen molar-refractivity contribution in [3.05, 3.63) is 42.0 Å². The van der Waals surface area contributed by atoms with E-state index in [1.807, 2.05) is 30.3 Å². The monoisotopic (exact) mass is 504 g/mol. The molecule has 1 aliphatic carbocycles. The van der Waals surface area contributed by atoms with Crippen LogP contribution in [-0.2, 0) is 9.47 Å². The fraction of sp³-hybridized carbons (Fsp3) is 0.481. The SMILES string of the molecule is CNC(=O)c1cccc(-c2ccc3c(N4CCOC[C@@H]4C)nc(N4CCO[C@]5(C4)C[C@H](O)C5)nc3n2)c1. The van der Waals surface area contributed by atoms with Crippen molar-refractivity contribution in [2.24, 2.45) is 0 Å². The molecule has 2 aromatic heterocycles. The van der Waals surface area contributed by atoms with Gasteiger partial charge in [-0.2, -0.15) is 9.97 Å². The third-order valence-corrected chi connectivity index (χ3v) is 7.56. The Morgan fingerprint density at radius 1 is 1.14 bits per heavy atom. The maximum Gasteiger partial charge on any atom is 0.251 e. The molecule has 0 unspecified atom stereocenters. The maximum atomic E-state index is 12.2. The van der Waals surface area contributed by atoms with Gasteiger partial charge in [-0.1, -0.05) is 12.1 Å². The van der Waals surface area contributed by atoms with E-state index in [1.165, 1.54) is 0 Å². The standard InChI is InChI=1S/C27H32N6O4/c1-17-15-36-10-9-33(17)24-21-6-7-22(18-4-3-5-19(12-18)25(35)28-2)29-23(21)30-26(31-24)32-8-11-37-27(16-32)13-20(34)14-27/h3-7,12,17,20,34H,8-11,13-16H2,1-2H3,(H,28,35)/t17-,20-,27+/m0/s1. The van der Waals surface area contributed by atoms with Crippen molar-refractivity contribution in [2.75, 3.05) is 56.3 Å². The molecule has 2 aliphatic heterocycles. The number of carbonyl (C=O) groups is 1. The van der Waals surface area contributed by atoms with E-state index in [9.17, 15) is 9.90 Å². The number of fused-ring (bicyclic) bond motifs is 1. The molecule has 0 bridgehead atoms. The summed E-state index contributed by atoms with van der Waals surface area (Å²) < 4.78 is 11.7. The number of anilines is 2. The Labute approximate surface area is 215 Å². The minimum atomic E-state index is -0.335. The van der Waals surface area contributed by atoms with Crippen molar-refractivity contribution >= 4 is 28.7 Å². The lowest BCUT2D eigenvalue weighted by atomic mass is 9.76. The van der Waals surface area contributed by atoms with Gasteiger partial charge in [0.05, 0.1) is 55.2 Å². The van der Waals surface area contributed by atoms with Gasteiger partial charge in [-0.3, -0.25) is 4.79 Å². The summed E-state index contributed by atoms with van der Waals surface area (Å²) in [5.74, 6) is 1.33. The van der Waals surface area contributed by atoms with Crippen LogP contribution in [0.1, 0.15) is 30.1 Å². The smallest absolute Gasteiger partial charge is 0.251 e. The van der Waals surface area contributed by atoms with Gasteiger partial charge in [0.1, 0.15) is 5.82 Å². The summed E-state index contributed by atoms with van der Waals surface area (Å²) in [6.07, 6.45) is 0.959. The molecule has 194 valence electrons. The zero-order valence-electron chi connectivity index (χ0n) is 21.2. The Morgan fingerprint density at radius 2 is 2.00 bits per heavy atom. The molecule has 3 aromatic rings. The van der Waals surface area contributed by atoms with Crippen molar-refractivity contribution in [2.45, 2.75) is 37.5 Å². The molecule has 2 N–H and O–H groups in total. The number of hydrogen-bond donors (Lipinski definition) is 2. The van der Waals surface area contributed by atoms with Crippen LogP contribution < -0.4 is 15.1 Å². The van der Waals surface area contributed by atoms with E-state index in [2.05, 4.69) is 22.0 Å². The Kier molecular flexibility index (Phi) is 6.18. The van der Waals surface area contributed by atoms with Crippen LogP contribution in [0.5, 0.6) is 0 Å². The number of morpholine rings is 2. The number of aliphatic hydroxyl groups is 1. The number of nitrogens with zero attached hydrogens (tertiary/aromatic N) is 5. The lowest BCUT2D eigenvalue weighted by molar-refractivity contribution is -0.159. The molecule has 0 radical (unpaired) electrons. The molecule has 1 amide bonds. The van der Waals surface area contributed by atoms with Gasteiger partial charge >= 0.3 is 0 Å². The van der Waals surface area contributed by atoms with Crippen LogP contribution in [0.25, 0.3) is 22.3 Å². The molecule has 4 heterocycles. The summed E-state index contributed by atoms with van der Waals surface area (Å²) in [5.41, 5.74) is 2.44. The van der Waals surface area contributed by atoms with Gasteiger partial charge in [0.25, 0.3) is 5.91 Å². The van der Waals surface area contributed by atoms with Crippen molar-refractivity contribution in [3.8, 4) is 11.3 Å². The number of pyridine rings is 1. The van der Waals surface area contributed by atoms with Gasteiger partial charge < -0.3 is 29.7 Å². The van der Waals surface area contributed by atoms with E-state index in [1.54, 1.807) is 13.1 Å². The summed E-state index contributed by atoms with van der Waals surface area (Å²) >= 11 is 0. The number of hydrogen-bond acceptors (Lipinski definition) is 9. The number of benzene rings is 1. The number of nitrogens with one attached hydrogen (secondary N) is 1. The average molecular weight is 505 g/mol. The molecule has 3 fully saturated rings. The van der Waals surface area contributed by atoms with Gasteiger partial charge in [0, 0.05) is 44.1 Å². The minimum Gasteiger partial charge on any atom is -0.393 e. The van der Waals surface area contributed by atoms with E-state index in [0.717, 1.165) is 29.0 Å². The molecular formula is C27H32N6O4. The van der Waals surface area contributed by atoms with E-state index in [-0.39, 0.29) is 23.7 Å². The van der Waals surface area contributed by atoms with Crippen LogP contribution in [0.4, 0.5) is 11.8 Å². The number of aliphatic hydroxyl groups excluding tert-OH is 1. The molecule has 37 heavy (non-hydrogen) atoms. The summed E-state index contributed by atoms with van der Waals surface area (Å²) in [7, 11) is 1.62. The second kappa shape index (κ2) is 9.51. The Bertz CT molecular complexity index is 1320. The summed E-state index contributed by atoms with van der Waals surface area (Å²) in [6, 6.07) is 11.6. The molecule has 2 saturated heterocycles. The predicted octanol–water partition coefficient (Wildman–Crippen LogP) is 2.01. The van der Waals surface area contributed by atoms with Gasteiger partial charge in [0.15, 0.2) is 5.65 Å². The molecule has 6 rings (SSSR count). The van der Waals surface area contributed by atoms with Crippen LogP contribution >= 0.6 is 0 Å². The number of amides is 1. The first-order valence-corrected chi connectivity index (χ1v) is 12.9. The number of aromatic nitrogens is 3. The zero-order chi connectivity index (χ0) is 25.6. The first-order valence-electron chi connectivity index (χ1n) is 12.9. The van der Waals surface area contributed by atoms with Gasteiger partial charge in [-0.25, -0.2) is 4.98 Å². The average Bonchev–Trinajstić information content (AvgIpc) is 2.91. The lowest BCUT2D eigenvalue weighted by Gasteiger charge is -2.50. The van der Waals surface area contributed by atoms with E-state index in [4.69, 9.17) is 24.4 Å². The van der Waals surface area contributed by atoms with Gasteiger partial charge in [-0.05, 0) is 31.2 Å². The second-order valence-corrected chi connectivity index (χ2v) is 10.2. The zero-order valence-corrected chi connectivity index (χ0v) is 21.2. The van der Waals surface area contributed by atoms with Crippen LogP contribution in [0, 0.1) is 0 Å². The van der Waals surface area contributed by atoms with Gasteiger partial charge in [-0.15, -0.1) is 0 Å². The molecule has 1 spiro atoms. The predicted molar refractivity (Wildman–Crippen MR) is 140 cm³/mol. The fourth-order valence-electron chi connectivity index (χ4n) is 5.57. The molecule has 3 aliphatic rings. The minimum absolute atomic E-state index is 0.141. The quantitative estimate of drug-likeness (QED) is 0.551. The maximum absolute atomic E-state index is 12.2. The van der Waals surface area contributed by atoms with Crippen LogP contribution in [0.3, 0.4) is 0 Å². The highest BCUT2D eigenvalue weighted by atomic mass is 16.5. The highest BCUT2D eigenvalue weighted by molar-refractivity contribution is 5.95.